The summed E-state index contributed by atoms with van der Waals surface area (Å²) in [5.41, 5.74) is 2.33. The Labute approximate surface area is 93.2 Å². The van der Waals surface area contributed by atoms with Crippen molar-refractivity contribution in [2.45, 2.75) is 39.2 Å². The summed E-state index contributed by atoms with van der Waals surface area (Å²) >= 11 is 0. The lowest BCUT2D eigenvalue weighted by molar-refractivity contribution is 0.141. The molecule has 16 heavy (non-hydrogen) atoms. The standard InChI is InChI=1S/C11H14N4O/c1-6-7(2)12-10-13-9(11(16)4-5-11)14-15(10)8(6)3/h16H,4-5H2,1-3H3. The molecule has 0 atom stereocenters. The molecule has 1 fully saturated rings. The first kappa shape index (κ1) is 9.72. The molecule has 0 spiro atoms. The molecule has 3 rings (SSSR count). The molecule has 0 saturated heterocycles. The van der Waals surface area contributed by atoms with Crippen LogP contribution in [0.5, 0.6) is 0 Å². The van der Waals surface area contributed by atoms with Gasteiger partial charge < -0.3 is 5.11 Å². The van der Waals surface area contributed by atoms with Gasteiger partial charge in [-0.05, 0) is 39.2 Å². The first-order chi connectivity index (χ1) is 7.51. The number of hydrogen-bond acceptors (Lipinski definition) is 4. The van der Waals surface area contributed by atoms with Crippen molar-refractivity contribution in [2.24, 2.45) is 0 Å². The van der Waals surface area contributed by atoms with E-state index < -0.39 is 5.60 Å². The fourth-order valence-electron chi connectivity index (χ4n) is 1.79. The fourth-order valence-corrected chi connectivity index (χ4v) is 1.79. The molecule has 2 aromatic rings. The van der Waals surface area contributed by atoms with Crippen molar-refractivity contribution in [1.82, 2.24) is 19.6 Å². The minimum absolute atomic E-state index is 0.508. The predicted octanol–water partition coefficient (Wildman–Crippen LogP) is 1.03. The highest BCUT2D eigenvalue weighted by Gasteiger charge is 2.46. The Hall–Kier alpha value is -1.49. The molecule has 0 amide bonds. The zero-order chi connectivity index (χ0) is 11.5. The van der Waals surface area contributed by atoms with Gasteiger partial charge in [-0.1, -0.05) is 0 Å². The fraction of sp³-hybridized carbons (Fsp3) is 0.545. The normalized spacial score (nSPS) is 18.0. The smallest absolute Gasteiger partial charge is 0.252 e. The van der Waals surface area contributed by atoms with Crippen LogP contribution in [0.25, 0.3) is 5.78 Å². The summed E-state index contributed by atoms with van der Waals surface area (Å²) in [6.07, 6.45) is 1.50. The molecule has 0 unspecified atom stereocenters. The highest BCUT2D eigenvalue weighted by Crippen LogP contribution is 2.43. The van der Waals surface area contributed by atoms with Crippen LogP contribution in [-0.4, -0.2) is 24.7 Å². The zero-order valence-electron chi connectivity index (χ0n) is 9.65. The Balaban J connectivity index is 2.28. The van der Waals surface area contributed by atoms with Crippen LogP contribution in [-0.2, 0) is 5.60 Å². The third-order valence-corrected chi connectivity index (χ3v) is 3.40. The van der Waals surface area contributed by atoms with Gasteiger partial charge in [-0.3, -0.25) is 0 Å². The predicted molar refractivity (Wildman–Crippen MR) is 58.1 cm³/mol. The minimum Gasteiger partial charge on any atom is -0.382 e. The third-order valence-electron chi connectivity index (χ3n) is 3.40. The van der Waals surface area contributed by atoms with E-state index in [4.69, 9.17) is 0 Å². The number of nitrogens with zero attached hydrogens (tertiary/aromatic N) is 4. The second-order valence-corrected chi connectivity index (χ2v) is 4.59. The lowest BCUT2D eigenvalue weighted by atomic mass is 10.2. The van der Waals surface area contributed by atoms with Crippen LogP contribution < -0.4 is 0 Å². The average molecular weight is 218 g/mol. The van der Waals surface area contributed by atoms with E-state index in [1.807, 2.05) is 20.8 Å². The van der Waals surface area contributed by atoms with Crippen molar-refractivity contribution in [3.05, 3.63) is 22.8 Å². The first-order valence-electron chi connectivity index (χ1n) is 5.45. The maximum atomic E-state index is 9.96. The SMILES string of the molecule is Cc1nc2nc(C3(O)CC3)nn2c(C)c1C. The Kier molecular flexibility index (Phi) is 1.70. The lowest BCUT2D eigenvalue weighted by Gasteiger charge is -2.04. The van der Waals surface area contributed by atoms with Crippen LogP contribution in [0, 0.1) is 20.8 Å². The van der Waals surface area contributed by atoms with Gasteiger partial charge in [-0.2, -0.15) is 4.98 Å². The van der Waals surface area contributed by atoms with E-state index in [-0.39, 0.29) is 0 Å². The Morgan fingerprint density at radius 1 is 1.19 bits per heavy atom. The van der Waals surface area contributed by atoms with Gasteiger partial charge >= 0.3 is 0 Å². The molecule has 1 aliphatic carbocycles. The highest BCUT2D eigenvalue weighted by atomic mass is 16.3. The van der Waals surface area contributed by atoms with Crippen LogP contribution in [0.4, 0.5) is 0 Å². The molecule has 84 valence electrons. The van der Waals surface area contributed by atoms with Crippen molar-refractivity contribution >= 4 is 5.78 Å². The van der Waals surface area contributed by atoms with E-state index in [9.17, 15) is 5.11 Å². The lowest BCUT2D eigenvalue weighted by Crippen LogP contribution is -2.07. The van der Waals surface area contributed by atoms with Gasteiger partial charge in [0.2, 0.25) is 0 Å². The van der Waals surface area contributed by atoms with Gasteiger partial charge in [-0.15, -0.1) is 5.10 Å². The van der Waals surface area contributed by atoms with Crippen molar-refractivity contribution in [2.75, 3.05) is 0 Å². The van der Waals surface area contributed by atoms with E-state index in [0.717, 1.165) is 29.8 Å². The maximum Gasteiger partial charge on any atom is 0.252 e. The number of aryl methyl sites for hydroxylation is 2. The third kappa shape index (κ3) is 1.18. The van der Waals surface area contributed by atoms with E-state index >= 15 is 0 Å². The summed E-state index contributed by atoms with van der Waals surface area (Å²) in [5.74, 6) is 1.09. The number of fused-ring (bicyclic) bond motifs is 1. The summed E-state index contributed by atoms with van der Waals surface area (Å²) < 4.78 is 1.72. The van der Waals surface area contributed by atoms with Crippen LogP contribution >= 0.6 is 0 Å². The molecular weight excluding hydrogens is 204 g/mol. The van der Waals surface area contributed by atoms with Crippen molar-refractivity contribution in [3.63, 3.8) is 0 Å². The topological polar surface area (TPSA) is 63.3 Å². The second-order valence-electron chi connectivity index (χ2n) is 4.59. The molecule has 2 heterocycles. The highest BCUT2D eigenvalue weighted by molar-refractivity contribution is 5.37. The molecule has 1 saturated carbocycles. The maximum absolute atomic E-state index is 9.96. The number of hydrogen-bond donors (Lipinski definition) is 1. The molecule has 0 aromatic carbocycles. The largest absolute Gasteiger partial charge is 0.382 e. The van der Waals surface area contributed by atoms with E-state index in [2.05, 4.69) is 15.1 Å². The van der Waals surface area contributed by atoms with Crippen LogP contribution in [0.1, 0.15) is 35.6 Å². The van der Waals surface area contributed by atoms with Crippen LogP contribution in [0.2, 0.25) is 0 Å². The second kappa shape index (κ2) is 2.79. The zero-order valence-corrected chi connectivity index (χ0v) is 9.65. The molecular formula is C11H14N4O. The molecule has 1 N–H and O–H groups in total. The molecule has 0 aliphatic heterocycles. The minimum atomic E-state index is -0.790. The molecule has 0 radical (unpaired) electrons. The summed E-state index contributed by atoms with van der Waals surface area (Å²) in [5, 5.41) is 14.3. The average Bonchev–Trinajstić information content (AvgIpc) is 2.84. The molecule has 5 nitrogen and oxygen atoms in total. The summed E-state index contributed by atoms with van der Waals surface area (Å²) in [6.45, 7) is 5.97. The van der Waals surface area contributed by atoms with Crippen LogP contribution in [0.15, 0.2) is 0 Å². The first-order valence-corrected chi connectivity index (χ1v) is 5.45. The summed E-state index contributed by atoms with van der Waals surface area (Å²) in [7, 11) is 0. The summed E-state index contributed by atoms with van der Waals surface area (Å²) in [6, 6.07) is 0. The van der Waals surface area contributed by atoms with Gasteiger partial charge in [0.1, 0.15) is 5.60 Å². The van der Waals surface area contributed by atoms with Crippen molar-refractivity contribution in [3.8, 4) is 0 Å². The Morgan fingerprint density at radius 3 is 2.50 bits per heavy atom. The van der Waals surface area contributed by atoms with Gasteiger partial charge in [0.15, 0.2) is 5.82 Å². The van der Waals surface area contributed by atoms with Gasteiger partial charge in [0.25, 0.3) is 5.78 Å². The van der Waals surface area contributed by atoms with Crippen LogP contribution in [0.3, 0.4) is 0 Å². The van der Waals surface area contributed by atoms with Gasteiger partial charge in [0.05, 0.1) is 0 Å². The number of rotatable bonds is 1. The van der Waals surface area contributed by atoms with Gasteiger partial charge in [0, 0.05) is 11.4 Å². The number of aliphatic hydroxyl groups is 1. The number of aromatic nitrogens is 4. The molecule has 5 heteroatoms. The van der Waals surface area contributed by atoms with E-state index in [0.29, 0.717) is 11.6 Å². The van der Waals surface area contributed by atoms with Crippen molar-refractivity contribution < 1.29 is 5.11 Å². The van der Waals surface area contributed by atoms with E-state index in [1.165, 1.54) is 0 Å². The monoisotopic (exact) mass is 218 g/mol. The molecule has 1 aliphatic rings. The van der Waals surface area contributed by atoms with Gasteiger partial charge in [-0.25, -0.2) is 9.50 Å². The van der Waals surface area contributed by atoms with E-state index in [1.54, 1.807) is 4.52 Å². The summed E-state index contributed by atoms with van der Waals surface area (Å²) in [4.78, 5) is 8.68. The van der Waals surface area contributed by atoms with Crippen molar-refractivity contribution in [1.29, 1.82) is 0 Å². The molecule has 2 aromatic heterocycles. The Bertz CT molecular complexity index is 583. The Morgan fingerprint density at radius 2 is 1.88 bits per heavy atom. The quantitative estimate of drug-likeness (QED) is 0.776. The molecule has 0 bridgehead atoms.